The van der Waals surface area contributed by atoms with E-state index in [1.54, 1.807) is 6.07 Å². The Morgan fingerprint density at radius 2 is 1.93 bits per heavy atom. The fourth-order valence-electron chi connectivity index (χ4n) is 3.77. The zero-order chi connectivity index (χ0) is 20.0. The predicted octanol–water partition coefficient (Wildman–Crippen LogP) is 4.45. The number of hydrogen-bond acceptors (Lipinski definition) is 3. The van der Waals surface area contributed by atoms with Crippen molar-refractivity contribution >= 4 is 28.6 Å². The van der Waals surface area contributed by atoms with Crippen LogP contribution in [0.2, 0.25) is 5.02 Å². The van der Waals surface area contributed by atoms with Gasteiger partial charge in [0.25, 0.3) is 0 Å². The minimum Gasteiger partial charge on any atom is -0.340 e. The smallest absolute Gasteiger partial charge is 0.207 e. The largest absolute Gasteiger partial charge is 0.340 e. The summed E-state index contributed by atoms with van der Waals surface area (Å²) in [6, 6.07) is 8.59. The number of aromatic nitrogens is 2. The Labute approximate surface area is 165 Å². The van der Waals surface area contributed by atoms with E-state index < -0.39 is 23.8 Å². The molecule has 2 heterocycles. The maximum Gasteiger partial charge on any atom is 0.207 e. The molecule has 0 spiro atoms. The molecule has 0 amide bonds. The van der Waals surface area contributed by atoms with Crippen molar-refractivity contribution in [2.75, 3.05) is 18.0 Å². The lowest BCUT2D eigenvalue weighted by Crippen LogP contribution is -2.50. The maximum atomic E-state index is 14.0. The molecule has 0 aliphatic carbocycles. The number of nitrogens with two attached hydrogens (primary N) is 1. The first-order chi connectivity index (χ1) is 13.4. The van der Waals surface area contributed by atoms with Crippen molar-refractivity contribution in [3.8, 4) is 0 Å². The van der Waals surface area contributed by atoms with Gasteiger partial charge in [0, 0.05) is 30.2 Å². The van der Waals surface area contributed by atoms with Crippen molar-refractivity contribution in [3.63, 3.8) is 0 Å². The highest BCUT2D eigenvalue weighted by molar-refractivity contribution is 6.31. The number of anilines is 1. The van der Waals surface area contributed by atoms with Crippen LogP contribution in [0, 0.1) is 11.6 Å². The molecule has 2 aromatic carbocycles. The Kier molecular flexibility index (Phi) is 4.97. The molecular weight excluding hydrogens is 389 g/mol. The number of halogens is 4. The number of nitrogens with zero attached hydrogens (tertiary/aromatic N) is 3. The monoisotopic (exact) mass is 408 g/mol. The molecule has 0 saturated carbocycles. The van der Waals surface area contributed by atoms with E-state index in [0.29, 0.717) is 28.5 Å². The molecule has 4 rings (SSSR count). The van der Waals surface area contributed by atoms with Gasteiger partial charge in [-0.05, 0) is 25.0 Å². The fraction of sp³-hybridized carbons (Fsp3) is 0.350. The number of piperidine rings is 1. The van der Waals surface area contributed by atoms with Crippen LogP contribution in [0.25, 0.3) is 11.0 Å². The summed E-state index contributed by atoms with van der Waals surface area (Å²) in [5.74, 6) is -1.42. The number of alkyl halides is 1. The molecule has 3 atom stereocenters. The van der Waals surface area contributed by atoms with E-state index >= 15 is 0 Å². The molecule has 0 radical (unpaired) electrons. The fourth-order valence-corrected chi connectivity index (χ4v) is 4.06. The summed E-state index contributed by atoms with van der Waals surface area (Å²) in [6.07, 6.45) is -0.807. The predicted molar refractivity (Wildman–Crippen MR) is 105 cm³/mol. The third-order valence-corrected chi connectivity index (χ3v) is 5.65. The van der Waals surface area contributed by atoms with Crippen LogP contribution in [0.1, 0.15) is 24.9 Å². The summed E-state index contributed by atoms with van der Waals surface area (Å²) in [7, 11) is 0. The van der Waals surface area contributed by atoms with Gasteiger partial charge in [-0.3, -0.25) is 0 Å². The second-order valence-corrected chi connectivity index (χ2v) is 7.56. The molecular formula is C20H20ClF3N4. The lowest BCUT2D eigenvalue weighted by Gasteiger charge is -2.35. The van der Waals surface area contributed by atoms with Crippen molar-refractivity contribution in [2.24, 2.45) is 5.73 Å². The molecule has 1 aliphatic heterocycles. The van der Waals surface area contributed by atoms with Gasteiger partial charge in [-0.1, -0.05) is 29.8 Å². The Morgan fingerprint density at radius 1 is 1.21 bits per heavy atom. The average Bonchev–Trinajstić information content (AvgIpc) is 3.02. The normalized spacial score (nSPS) is 21.3. The molecule has 4 nitrogen and oxygen atoms in total. The highest BCUT2D eigenvalue weighted by Gasteiger charge is 2.31. The molecule has 0 unspecified atom stereocenters. The summed E-state index contributed by atoms with van der Waals surface area (Å²) in [5, 5.41) is 0.560. The number of rotatable bonds is 3. The first kappa shape index (κ1) is 19.1. The van der Waals surface area contributed by atoms with Crippen LogP contribution in [0.3, 0.4) is 0 Å². The summed E-state index contributed by atoms with van der Waals surface area (Å²) in [5.41, 5.74) is 7.50. The average molecular weight is 409 g/mol. The highest BCUT2D eigenvalue weighted by atomic mass is 35.5. The number of imidazole rings is 1. The molecule has 2 N–H and O–H groups in total. The van der Waals surface area contributed by atoms with Crippen LogP contribution in [0.5, 0.6) is 0 Å². The molecule has 1 fully saturated rings. The van der Waals surface area contributed by atoms with E-state index in [-0.39, 0.29) is 19.0 Å². The van der Waals surface area contributed by atoms with E-state index in [9.17, 15) is 13.2 Å². The standard InChI is InChI=1S/C20H20ClF3N4/c1-11(12-4-2-3-5-13(12)21)28-19-9-16(24)15(23)8-18(19)26-20(28)27-7-6-14(22)17(25)10-27/h2-5,8-9,11,14,17H,6-7,10,25H2,1H3/t11-,14-,17-/m1/s1. The van der Waals surface area contributed by atoms with Crippen LogP contribution in [-0.2, 0) is 0 Å². The topological polar surface area (TPSA) is 47.1 Å². The SMILES string of the molecule is C[C@H](c1ccccc1Cl)n1c(N2CC[C@@H](F)[C@H](N)C2)nc2cc(F)c(F)cc21. The van der Waals surface area contributed by atoms with Crippen molar-refractivity contribution < 1.29 is 13.2 Å². The molecule has 28 heavy (non-hydrogen) atoms. The van der Waals surface area contributed by atoms with E-state index in [1.807, 2.05) is 34.6 Å². The van der Waals surface area contributed by atoms with Crippen LogP contribution in [0.15, 0.2) is 36.4 Å². The lowest BCUT2D eigenvalue weighted by atomic mass is 10.0. The van der Waals surface area contributed by atoms with Gasteiger partial charge in [-0.25, -0.2) is 18.2 Å². The van der Waals surface area contributed by atoms with Crippen LogP contribution in [-0.4, -0.2) is 34.9 Å². The van der Waals surface area contributed by atoms with Crippen LogP contribution < -0.4 is 10.6 Å². The Bertz CT molecular complexity index is 1020. The first-order valence-electron chi connectivity index (χ1n) is 9.13. The Balaban J connectivity index is 1.89. The summed E-state index contributed by atoms with van der Waals surface area (Å²) < 4.78 is 43.5. The van der Waals surface area contributed by atoms with Gasteiger partial charge in [0.1, 0.15) is 6.17 Å². The quantitative estimate of drug-likeness (QED) is 0.696. The van der Waals surface area contributed by atoms with E-state index in [2.05, 4.69) is 4.98 Å². The zero-order valence-corrected chi connectivity index (χ0v) is 16.0. The molecule has 0 bridgehead atoms. The second kappa shape index (κ2) is 7.29. The van der Waals surface area contributed by atoms with Gasteiger partial charge in [0.15, 0.2) is 11.6 Å². The summed E-state index contributed by atoms with van der Waals surface area (Å²) >= 11 is 6.37. The lowest BCUT2D eigenvalue weighted by molar-refractivity contribution is 0.243. The third kappa shape index (κ3) is 3.22. The van der Waals surface area contributed by atoms with E-state index in [0.717, 1.165) is 17.7 Å². The highest BCUT2D eigenvalue weighted by Crippen LogP contribution is 2.35. The minimum atomic E-state index is -1.08. The number of benzene rings is 2. The van der Waals surface area contributed by atoms with E-state index in [1.165, 1.54) is 0 Å². The molecule has 148 valence electrons. The van der Waals surface area contributed by atoms with Gasteiger partial charge < -0.3 is 15.2 Å². The summed E-state index contributed by atoms with van der Waals surface area (Å²) in [4.78, 5) is 6.40. The third-order valence-electron chi connectivity index (χ3n) is 5.31. The van der Waals surface area contributed by atoms with Crippen molar-refractivity contribution in [3.05, 3.63) is 58.6 Å². The summed E-state index contributed by atoms with van der Waals surface area (Å²) in [6.45, 7) is 2.60. The van der Waals surface area contributed by atoms with Gasteiger partial charge in [-0.15, -0.1) is 0 Å². The number of hydrogen-bond donors (Lipinski definition) is 1. The van der Waals surface area contributed by atoms with E-state index in [4.69, 9.17) is 17.3 Å². The molecule has 1 aromatic heterocycles. The van der Waals surface area contributed by atoms with Gasteiger partial charge >= 0.3 is 0 Å². The van der Waals surface area contributed by atoms with Crippen LogP contribution in [0.4, 0.5) is 19.1 Å². The zero-order valence-electron chi connectivity index (χ0n) is 15.2. The van der Waals surface area contributed by atoms with Crippen molar-refractivity contribution in [1.29, 1.82) is 0 Å². The van der Waals surface area contributed by atoms with Gasteiger partial charge in [0.2, 0.25) is 5.95 Å². The van der Waals surface area contributed by atoms with Gasteiger partial charge in [-0.2, -0.15) is 0 Å². The minimum absolute atomic E-state index is 0.269. The van der Waals surface area contributed by atoms with Crippen molar-refractivity contribution in [2.45, 2.75) is 31.6 Å². The molecule has 1 saturated heterocycles. The number of fused-ring (bicyclic) bond motifs is 1. The van der Waals surface area contributed by atoms with Crippen LogP contribution >= 0.6 is 11.6 Å². The van der Waals surface area contributed by atoms with Gasteiger partial charge in [0.05, 0.1) is 23.1 Å². The Morgan fingerprint density at radius 3 is 2.64 bits per heavy atom. The first-order valence-corrected chi connectivity index (χ1v) is 9.50. The van der Waals surface area contributed by atoms with Crippen molar-refractivity contribution in [1.82, 2.24) is 9.55 Å². The molecule has 3 aromatic rings. The molecule has 1 aliphatic rings. The molecule has 8 heteroatoms. The maximum absolute atomic E-state index is 14.0. The Hall–Kier alpha value is -2.25. The second-order valence-electron chi connectivity index (χ2n) is 7.15.